The van der Waals surface area contributed by atoms with Crippen LogP contribution >= 0.6 is 0 Å². The van der Waals surface area contributed by atoms with Crippen LogP contribution in [-0.4, -0.2) is 61.3 Å². The van der Waals surface area contributed by atoms with Gasteiger partial charge in [-0.05, 0) is 18.8 Å². The Morgan fingerprint density at radius 2 is 2.00 bits per heavy atom. The van der Waals surface area contributed by atoms with Gasteiger partial charge in [0.15, 0.2) is 0 Å². The molecule has 0 aromatic carbocycles. The van der Waals surface area contributed by atoms with Crippen LogP contribution in [0.1, 0.15) is 19.3 Å². The lowest BCUT2D eigenvalue weighted by Gasteiger charge is -2.31. The summed E-state index contributed by atoms with van der Waals surface area (Å²) < 4.78 is 28.2. The molecule has 1 aliphatic rings. The van der Waals surface area contributed by atoms with Crippen LogP contribution in [0, 0.1) is 5.92 Å². The number of likely N-dealkylation sites (tertiary alicyclic amines) is 1. The Morgan fingerprint density at radius 3 is 2.55 bits per heavy atom. The maximum absolute atomic E-state index is 11.8. The van der Waals surface area contributed by atoms with Crippen LogP contribution in [0.15, 0.2) is 0 Å². The zero-order valence-corrected chi connectivity index (χ0v) is 11.2. The number of urea groups is 1. The molecule has 1 aliphatic heterocycles. The topological polar surface area (TPSA) is 78.9 Å². The van der Waals surface area contributed by atoms with Gasteiger partial charge >= 0.3 is 12.0 Å². The van der Waals surface area contributed by atoms with Crippen molar-refractivity contribution in [3.63, 3.8) is 0 Å². The molecule has 0 spiro atoms. The highest BCUT2D eigenvalue weighted by molar-refractivity contribution is 5.74. The van der Waals surface area contributed by atoms with E-state index in [1.807, 2.05) is 0 Å². The molecule has 20 heavy (non-hydrogen) atoms. The van der Waals surface area contributed by atoms with Crippen molar-refractivity contribution in [3.8, 4) is 0 Å². The number of amides is 2. The molecule has 1 heterocycles. The minimum Gasteiger partial charge on any atom is -0.481 e. The smallest absolute Gasteiger partial charge is 0.317 e. The molecule has 0 aromatic rings. The Hall–Kier alpha value is -1.44. The second kappa shape index (κ2) is 8.68. The standard InChI is InChI=1S/C12H20F2N2O4/c13-10(14)8-20-6-3-15-12(19)16-4-1-9(2-5-16)7-11(17)18/h9-10H,1-8H2,(H,15,19)(H,17,18). The maximum Gasteiger partial charge on any atom is 0.317 e. The highest BCUT2D eigenvalue weighted by Crippen LogP contribution is 2.20. The number of alkyl halides is 2. The van der Waals surface area contributed by atoms with Crippen LogP contribution in [0.2, 0.25) is 0 Å². The van der Waals surface area contributed by atoms with E-state index in [4.69, 9.17) is 5.11 Å². The van der Waals surface area contributed by atoms with E-state index in [0.717, 1.165) is 0 Å². The second-order valence-corrected chi connectivity index (χ2v) is 4.73. The molecule has 0 atom stereocenters. The number of carbonyl (C=O) groups excluding carboxylic acids is 1. The lowest BCUT2D eigenvalue weighted by atomic mass is 9.94. The predicted molar refractivity (Wildman–Crippen MR) is 66.8 cm³/mol. The minimum absolute atomic E-state index is 0.0472. The van der Waals surface area contributed by atoms with E-state index in [1.165, 1.54) is 0 Å². The molecule has 1 saturated heterocycles. The molecule has 116 valence electrons. The molecule has 0 unspecified atom stereocenters. The summed E-state index contributed by atoms with van der Waals surface area (Å²) in [6.07, 6.45) is -1.03. The third kappa shape index (κ3) is 6.65. The van der Waals surface area contributed by atoms with Gasteiger partial charge in [0.1, 0.15) is 6.61 Å². The van der Waals surface area contributed by atoms with Crippen molar-refractivity contribution in [2.75, 3.05) is 32.8 Å². The summed E-state index contributed by atoms with van der Waals surface area (Å²) in [7, 11) is 0. The number of carboxylic acid groups (broad SMARTS) is 1. The van der Waals surface area contributed by atoms with Gasteiger partial charge in [-0.1, -0.05) is 0 Å². The molecule has 8 heteroatoms. The summed E-state index contributed by atoms with van der Waals surface area (Å²) in [4.78, 5) is 23.9. The quantitative estimate of drug-likeness (QED) is 0.691. The molecule has 0 radical (unpaired) electrons. The summed E-state index contributed by atoms with van der Waals surface area (Å²) in [5.41, 5.74) is 0. The zero-order valence-electron chi connectivity index (χ0n) is 11.2. The molecular weight excluding hydrogens is 274 g/mol. The van der Waals surface area contributed by atoms with Crippen molar-refractivity contribution < 1.29 is 28.2 Å². The molecule has 1 fully saturated rings. The maximum atomic E-state index is 11.8. The van der Waals surface area contributed by atoms with E-state index in [1.54, 1.807) is 4.90 Å². The van der Waals surface area contributed by atoms with Gasteiger partial charge in [-0.15, -0.1) is 0 Å². The van der Waals surface area contributed by atoms with Crippen LogP contribution in [-0.2, 0) is 9.53 Å². The number of halogens is 2. The van der Waals surface area contributed by atoms with Crippen molar-refractivity contribution in [2.45, 2.75) is 25.7 Å². The Bertz CT molecular complexity index is 321. The number of hydrogen-bond donors (Lipinski definition) is 2. The van der Waals surface area contributed by atoms with Crippen LogP contribution in [0.25, 0.3) is 0 Å². The van der Waals surface area contributed by atoms with E-state index < -0.39 is 19.0 Å². The summed E-state index contributed by atoms with van der Waals surface area (Å²) in [5, 5.41) is 11.3. The predicted octanol–water partition coefficient (Wildman–Crippen LogP) is 1.16. The number of piperidine rings is 1. The number of nitrogens with zero attached hydrogens (tertiary/aromatic N) is 1. The van der Waals surface area contributed by atoms with Crippen molar-refractivity contribution in [1.82, 2.24) is 10.2 Å². The van der Waals surface area contributed by atoms with E-state index in [0.29, 0.717) is 25.9 Å². The number of rotatable bonds is 7. The lowest BCUT2D eigenvalue weighted by Crippen LogP contribution is -2.45. The Morgan fingerprint density at radius 1 is 1.35 bits per heavy atom. The van der Waals surface area contributed by atoms with Crippen molar-refractivity contribution in [2.24, 2.45) is 5.92 Å². The molecule has 6 nitrogen and oxygen atoms in total. The molecule has 1 rings (SSSR count). The number of hydrogen-bond acceptors (Lipinski definition) is 3. The molecule has 2 N–H and O–H groups in total. The second-order valence-electron chi connectivity index (χ2n) is 4.73. The van der Waals surface area contributed by atoms with Crippen molar-refractivity contribution in [3.05, 3.63) is 0 Å². The first-order chi connectivity index (χ1) is 9.49. The number of ether oxygens (including phenoxy) is 1. The van der Waals surface area contributed by atoms with Gasteiger partial charge in [-0.25, -0.2) is 13.6 Å². The van der Waals surface area contributed by atoms with Crippen molar-refractivity contribution >= 4 is 12.0 Å². The van der Waals surface area contributed by atoms with E-state index in [2.05, 4.69) is 10.1 Å². The van der Waals surface area contributed by atoms with Crippen LogP contribution < -0.4 is 5.32 Å². The number of nitrogens with one attached hydrogen (secondary N) is 1. The molecule has 0 aliphatic carbocycles. The summed E-state index contributed by atoms with van der Waals surface area (Å²) >= 11 is 0. The average molecular weight is 294 g/mol. The summed E-state index contributed by atoms with van der Waals surface area (Å²) in [5.74, 6) is -0.699. The molecule has 0 bridgehead atoms. The van der Waals surface area contributed by atoms with E-state index in [-0.39, 0.29) is 31.5 Å². The number of carboxylic acids is 1. The molecule has 2 amide bonds. The normalized spacial score (nSPS) is 16.4. The highest BCUT2D eigenvalue weighted by Gasteiger charge is 2.23. The summed E-state index contributed by atoms with van der Waals surface area (Å²) in [6, 6.07) is -0.264. The first-order valence-corrected chi connectivity index (χ1v) is 6.59. The summed E-state index contributed by atoms with van der Waals surface area (Å²) in [6.45, 7) is 0.631. The van der Waals surface area contributed by atoms with Gasteiger partial charge in [-0.2, -0.15) is 0 Å². The third-order valence-corrected chi connectivity index (χ3v) is 3.13. The van der Waals surface area contributed by atoms with Gasteiger partial charge < -0.3 is 20.1 Å². The monoisotopic (exact) mass is 294 g/mol. The van der Waals surface area contributed by atoms with E-state index in [9.17, 15) is 18.4 Å². The third-order valence-electron chi connectivity index (χ3n) is 3.13. The Kier molecular flexibility index (Phi) is 7.21. The molecule has 0 aromatic heterocycles. The number of aliphatic carboxylic acids is 1. The fraction of sp³-hybridized carbons (Fsp3) is 0.833. The average Bonchev–Trinajstić information content (AvgIpc) is 2.38. The number of carbonyl (C=O) groups is 2. The van der Waals surface area contributed by atoms with Crippen molar-refractivity contribution in [1.29, 1.82) is 0 Å². The van der Waals surface area contributed by atoms with Crippen LogP contribution in [0.5, 0.6) is 0 Å². The first kappa shape index (κ1) is 16.6. The zero-order chi connectivity index (χ0) is 15.0. The first-order valence-electron chi connectivity index (χ1n) is 6.59. The van der Waals surface area contributed by atoms with Gasteiger partial charge in [-0.3, -0.25) is 4.79 Å². The minimum atomic E-state index is -2.50. The molecular formula is C12H20F2N2O4. The van der Waals surface area contributed by atoms with Crippen LogP contribution in [0.3, 0.4) is 0 Å². The largest absolute Gasteiger partial charge is 0.481 e. The van der Waals surface area contributed by atoms with Gasteiger partial charge in [0, 0.05) is 26.1 Å². The van der Waals surface area contributed by atoms with Gasteiger partial charge in [0.05, 0.1) is 6.61 Å². The fourth-order valence-electron chi connectivity index (χ4n) is 2.10. The Balaban J connectivity index is 2.11. The Labute approximate surface area is 116 Å². The SMILES string of the molecule is O=C(O)CC1CCN(C(=O)NCCOCC(F)F)CC1. The molecule has 0 saturated carbocycles. The lowest BCUT2D eigenvalue weighted by molar-refractivity contribution is -0.138. The highest BCUT2D eigenvalue weighted by atomic mass is 19.3. The van der Waals surface area contributed by atoms with Crippen LogP contribution in [0.4, 0.5) is 13.6 Å². The van der Waals surface area contributed by atoms with Gasteiger partial charge in [0.2, 0.25) is 0 Å². The van der Waals surface area contributed by atoms with E-state index >= 15 is 0 Å². The van der Waals surface area contributed by atoms with Gasteiger partial charge in [0.25, 0.3) is 6.43 Å². The fourth-order valence-corrected chi connectivity index (χ4v) is 2.10.